The highest BCUT2D eigenvalue weighted by Gasteiger charge is 2.38. The molecule has 1 aliphatic carbocycles. The van der Waals surface area contributed by atoms with E-state index in [-0.39, 0.29) is 30.0 Å². The number of hydrogen-bond donors (Lipinski definition) is 0. The van der Waals surface area contributed by atoms with Crippen LogP contribution >= 0.6 is 15.9 Å². The van der Waals surface area contributed by atoms with E-state index in [9.17, 15) is 9.18 Å². The molecule has 2 heterocycles. The second-order valence-corrected chi connectivity index (χ2v) is 8.80. The van der Waals surface area contributed by atoms with Crippen LogP contribution in [-0.4, -0.2) is 39.4 Å². The summed E-state index contributed by atoms with van der Waals surface area (Å²) in [6, 6.07) is 4.38. The van der Waals surface area contributed by atoms with Crippen LogP contribution in [0.5, 0.6) is 0 Å². The molecule has 3 rings (SSSR count). The smallest absolute Gasteiger partial charge is 0.224 e. The third-order valence-electron chi connectivity index (χ3n) is 4.31. The summed E-state index contributed by atoms with van der Waals surface area (Å²) in [5.41, 5.74) is 1.27. The zero-order valence-corrected chi connectivity index (χ0v) is 17.4. The zero-order chi connectivity index (χ0) is 19.8. The minimum atomic E-state index is -0.564. The molecule has 1 aromatic rings. The number of nitrogens with zero attached hydrogens (tertiary/aromatic N) is 5. The maximum Gasteiger partial charge on any atom is 0.224 e. The number of allylic oxidation sites excluding steroid dienone is 1. The highest BCUT2D eigenvalue weighted by atomic mass is 79.9. The van der Waals surface area contributed by atoms with Crippen molar-refractivity contribution < 1.29 is 9.18 Å². The molecule has 1 aliphatic heterocycles. The molecular formula is C19H23BrFN5O. The first-order valence-corrected chi connectivity index (χ1v) is 9.60. The lowest BCUT2D eigenvalue weighted by Gasteiger charge is -2.33. The normalized spacial score (nSPS) is 21.6. The predicted molar refractivity (Wildman–Crippen MR) is 104 cm³/mol. The first-order chi connectivity index (χ1) is 12.7. The van der Waals surface area contributed by atoms with Crippen molar-refractivity contribution in [2.75, 3.05) is 6.54 Å². The van der Waals surface area contributed by atoms with Gasteiger partial charge in [-0.1, -0.05) is 54.1 Å². The van der Waals surface area contributed by atoms with Crippen molar-refractivity contribution in [2.24, 2.45) is 15.8 Å². The van der Waals surface area contributed by atoms with E-state index in [4.69, 9.17) is 0 Å². The summed E-state index contributed by atoms with van der Waals surface area (Å²) in [7, 11) is 0. The number of carbonyl (C=O) groups is 1. The molecule has 144 valence electrons. The summed E-state index contributed by atoms with van der Waals surface area (Å²) < 4.78 is 14.2. The molecule has 0 radical (unpaired) electrons. The average molecular weight is 436 g/mol. The van der Waals surface area contributed by atoms with Gasteiger partial charge in [-0.3, -0.25) is 9.80 Å². The maximum absolute atomic E-state index is 13.4. The SMILES string of the molecule is CC(=O)N(Cc1cccc(F)n1)C1=C(Br)C2N=NN(CC(C)(C)C)C2C=C1. The third-order valence-corrected chi connectivity index (χ3v) is 5.19. The lowest BCUT2D eigenvalue weighted by atomic mass is 9.94. The number of fused-ring (bicyclic) bond motifs is 1. The van der Waals surface area contributed by atoms with Crippen LogP contribution in [0.25, 0.3) is 0 Å². The summed E-state index contributed by atoms with van der Waals surface area (Å²) in [5, 5.41) is 10.7. The molecule has 1 aromatic heterocycles. The fourth-order valence-corrected chi connectivity index (χ4v) is 3.86. The summed E-state index contributed by atoms with van der Waals surface area (Å²) in [6.45, 7) is 8.91. The van der Waals surface area contributed by atoms with E-state index in [0.29, 0.717) is 11.4 Å². The molecule has 0 bridgehead atoms. The van der Waals surface area contributed by atoms with Crippen LogP contribution in [0.3, 0.4) is 0 Å². The van der Waals surface area contributed by atoms with E-state index in [2.05, 4.69) is 52.0 Å². The van der Waals surface area contributed by atoms with Gasteiger partial charge in [-0.05, 0) is 23.6 Å². The Morgan fingerprint density at radius 3 is 2.74 bits per heavy atom. The predicted octanol–water partition coefficient (Wildman–Crippen LogP) is 4.21. The van der Waals surface area contributed by atoms with Crippen LogP contribution in [0.2, 0.25) is 0 Å². The van der Waals surface area contributed by atoms with Crippen molar-refractivity contribution in [3.63, 3.8) is 0 Å². The van der Waals surface area contributed by atoms with E-state index in [1.807, 2.05) is 17.2 Å². The second-order valence-electron chi connectivity index (χ2n) is 7.95. The molecular weight excluding hydrogens is 413 g/mol. The average Bonchev–Trinajstić information content (AvgIpc) is 2.95. The monoisotopic (exact) mass is 435 g/mol. The van der Waals surface area contributed by atoms with Crippen molar-refractivity contribution in [3.05, 3.63) is 52.2 Å². The van der Waals surface area contributed by atoms with Crippen molar-refractivity contribution in [2.45, 2.75) is 46.3 Å². The zero-order valence-electron chi connectivity index (χ0n) is 15.9. The molecule has 0 spiro atoms. The number of carbonyl (C=O) groups excluding carboxylic acids is 1. The van der Waals surface area contributed by atoms with E-state index in [0.717, 1.165) is 11.0 Å². The number of hydrogen-bond acceptors (Lipinski definition) is 5. The van der Waals surface area contributed by atoms with Gasteiger partial charge >= 0.3 is 0 Å². The van der Waals surface area contributed by atoms with Gasteiger partial charge in [0.1, 0.15) is 6.04 Å². The van der Waals surface area contributed by atoms with Gasteiger partial charge in [-0.2, -0.15) is 9.50 Å². The van der Waals surface area contributed by atoms with E-state index in [1.165, 1.54) is 13.0 Å². The number of aromatic nitrogens is 1. The number of rotatable bonds is 4. The topological polar surface area (TPSA) is 61.2 Å². The molecule has 2 unspecified atom stereocenters. The van der Waals surface area contributed by atoms with Gasteiger partial charge in [-0.25, -0.2) is 4.98 Å². The van der Waals surface area contributed by atoms with Crippen LogP contribution in [0.1, 0.15) is 33.4 Å². The largest absolute Gasteiger partial charge is 0.306 e. The summed E-state index contributed by atoms with van der Waals surface area (Å²) in [6.07, 6.45) is 3.92. The van der Waals surface area contributed by atoms with Crippen LogP contribution < -0.4 is 0 Å². The van der Waals surface area contributed by atoms with Crippen molar-refractivity contribution in [1.29, 1.82) is 0 Å². The highest BCUT2D eigenvalue weighted by Crippen LogP contribution is 2.37. The first kappa shape index (κ1) is 19.7. The Labute approximate surface area is 167 Å². The standard InChI is InChI=1S/C19H23BrFN5O/c1-12(27)25(10-13-6-5-7-16(21)22-13)14-8-9-15-18(17(14)20)23-24-26(15)11-19(2,3)4/h5-9,15,18H,10-11H2,1-4H3. The van der Waals surface area contributed by atoms with Gasteiger partial charge in [0, 0.05) is 18.0 Å². The minimum absolute atomic E-state index is 0.0171. The molecule has 2 atom stereocenters. The Kier molecular flexibility index (Phi) is 5.46. The molecule has 0 aromatic carbocycles. The Bertz CT molecular complexity index is 830. The van der Waals surface area contributed by atoms with E-state index in [1.54, 1.807) is 17.0 Å². The number of pyridine rings is 1. The van der Waals surface area contributed by atoms with Gasteiger partial charge in [0.2, 0.25) is 11.9 Å². The van der Waals surface area contributed by atoms with Crippen LogP contribution in [-0.2, 0) is 11.3 Å². The first-order valence-electron chi connectivity index (χ1n) is 8.80. The van der Waals surface area contributed by atoms with Gasteiger partial charge in [0.15, 0.2) is 0 Å². The molecule has 0 N–H and O–H groups in total. The Balaban J connectivity index is 1.84. The Hall–Kier alpha value is -2.09. The molecule has 2 aliphatic rings. The van der Waals surface area contributed by atoms with Crippen molar-refractivity contribution in [3.8, 4) is 0 Å². The fourth-order valence-electron chi connectivity index (χ4n) is 3.15. The van der Waals surface area contributed by atoms with Gasteiger partial charge in [0.25, 0.3) is 0 Å². The Morgan fingerprint density at radius 2 is 2.11 bits per heavy atom. The maximum atomic E-state index is 13.4. The molecule has 0 saturated carbocycles. The fraction of sp³-hybridized carbons (Fsp3) is 0.474. The molecule has 27 heavy (non-hydrogen) atoms. The van der Waals surface area contributed by atoms with Crippen molar-refractivity contribution in [1.82, 2.24) is 14.9 Å². The van der Waals surface area contributed by atoms with Crippen molar-refractivity contribution >= 4 is 21.8 Å². The molecule has 8 heteroatoms. The number of amides is 1. The summed E-state index contributed by atoms with van der Waals surface area (Å²) in [5.74, 6) is -0.719. The molecule has 0 saturated heterocycles. The van der Waals surface area contributed by atoms with E-state index >= 15 is 0 Å². The molecule has 1 amide bonds. The van der Waals surface area contributed by atoms with Gasteiger partial charge in [-0.15, -0.1) is 0 Å². The highest BCUT2D eigenvalue weighted by molar-refractivity contribution is 9.11. The second kappa shape index (κ2) is 7.50. The van der Waals surface area contributed by atoms with Crippen LogP contribution in [0.15, 0.2) is 50.9 Å². The number of halogens is 2. The third kappa shape index (κ3) is 4.43. The Morgan fingerprint density at radius 1 is 1.37 bits per heavy atom. The van der Waals surface area contributed by atoms with Gasteiger partial charge in [0.05, 0.1) is 24.0 Å². The van der Waals surface area contributed by atoms with E-state index < -0.39 is 5.95 Å². The molecule has 0 fully saturated rings. The lowest BCUT2D eigenvalue weighted by Crippen LogP contribution is -2.41. The quantitative estimate of drug-likeness (QED) is 0.665. The van der Waals surface area contributed by atoms with Crippen LogP contribution in [0.4, 0.5) is 4.39 Å². The lowest BCUT2D eigenvalue weighted by molar-refractivity contribution is -0.127. The van der Waals surface area contributed by atoms with Crippen LogP contribution in [0, 0.1) is 11.4 Å². The minimum Gasteiger partial charge on any atom is -0.306 e. The molecule has 6 nitrogen and oxygen atoms in total. The summed E-state index contributed by atoms with van der Waals surface area (Å²) >= 11 is 3.63. The summed E-state index contributed by atoms with van der Waals surface area (Å²) in [4.78, 5) is 17.7. The van der Waals surface area contributed by atoms with Gasteiger partial charge < -0.3 is 4.90 Å².